The monoisotopic (exact) mass is 267 g/mol. The van der Waals surface area contributed by atoms with Gasteiger partial charge in [-0.05, 0) is 26.8 Å². The average Bonchev–Trinajstić information content (AvgIpc) is 3.04. The molecule has 19 heavy (non-hydrogen) atoms. The fraction of sp³-hybridized carbons (Fsp3) is 0.786. The topological polar surface area (TPSA) is 48.3 Å². The Morgan fingerprint density at radius 3 is 2.89 bits per heavy atom. The van der Waals surface area contributed by atoms with Gasteiger partial charge in [-0.25, -0.2) is 0 Å². The van der Waals surface area contributed by atoms with E-state index in [-0.39, 0.29) is 6.04 Å². The minimum Gasteiger partial charge on any atom is -0.493 e. The van der Waals surface area contributed by atoms with Crippen LogP contribution >= 0.6 is 0 Å². The quantitative estimate of drug-likeness (QED) is 0.858. The van der Waals surface area contributed by atoms with Crippen molar-refractivity contribution in [2.24, 2.45) is 5.92 Å². The van der Waals surface area contributed by atoms with Gasteiger partial charge < -0.3 is 14.8 Å². The van der Waals surface area contributed by atoms with Crippen LogP contribution in [0.2, 0.25) is 0 Å². The van der Waals surface area contributed by atoms with E-state index in [0.29, 0.717) is 12.0 Å². The molecule has 1 aromatic rings. The Labute approximate surface area is 115 Å². The zero-order valence-electron chi connectivity index (χ0n) is 12.3. The van der Waals surface area contributed by atoms with Crippen LogP contribution in [0.4, 0.5) is 0 Å². The number of methoxy groups -OCH3 is 1. The number of aromatic nitrogens is 2. The second-order valence-corrected chi connectivity index (χ2v) is 5.30. The lowest BCUT2D eigenvalue weighted by atomic mass is 9.95. The minimum atomic E-state index is 0.243. The fourth-order valence-electron chi connectivity index (χ4n) is 2.74. The summed E-state index contributed by atoms with van der Waals surface area (Å²) in [5.41, 5.74) is 1.15. The second-order valence-electron chi connectivity index (χ2n) is 5.30. The van der Waals surface area contributed by atoms with E-state index < -0.39 is 0 Å². The summed E-state index contributed by atoms with van der Waals surface area (Å²) in [6.45, 7) is 9.00. The van der Waals surface area contributed by atoms with Gasteiger partial charge in [0.05, 0.1) is 31.6 Å². The predicted molar refractivity (Wildman–Crippen MR) is 74.5 cm³/mol. The van der Waals surface area contributed by atoms with E-state index in [2.05, 4.69) is 35.9 Å². The summed E-state index contributed by atoms with van der Waals surface area (Å²) in [6, 6.07) is 0.565. The first-order chi connectivity index (χ1) is 9.19. The third-order valence-electron chi connectivity index (χ3n) is 3.66. The second kappa shape index (κ2) is 6.39. The van der Waals surface area contributed by atoms with Crippen LogP contribution in [-0.4, -0.2) is 36.6 Å². The van der Waals surface area contributed by atoms with Crippen molar-refractivity contribution in [1.29, 1.82) is 0 Å². The molecule has 1 fully saturated rings. The lowest BCUT2D eigenvalue weighted by Crippen LogP contribution is -2.31. The molecule has 0 saturated carbocycles. The fourth-order valence-corrected chi connectivity index (χ4v) is 2.74. The Balaban J connectivity index is 2.35. The van der Waals surface area contributed by atoms with Crippen molar-refractivity contribution in [3.8, 4) is 5.75 Å². The molecule has 2 unspecified atom stereocenters. The smallest absolute Gasteiger partial charge is 0.161 e. The normalized spacial score (nSPS) is 21.0. The van der Waals surface area contributed by atoms with Crippen LogP contribution < -0.4 is 10.1 Å². The lowest BCUT2D eigenvalue weighted by molar-refractivity contribution is 0.175. The van der Waals surface area contributed by atoms with Crippen LogP contribution in [0.1, 0.15) is 45.0 Å². The Kier molecular flexibility index (Phi) is 4.82. The third-order valence-corrected chi connectivity index (χ3v) is 3.66. The first kappa shape index (κ1) is 14.3. The molecule has 5 nitrogen and oxygen atoms in total. The Morgan fingerprint density at radius 1 is 1.58 bits per heavy atom. The maximum Gasteiger partial charge on any atom is 0.161 e. The molecule has 2 atom stereocenters. The van der Waals surface area contributed by atoms with Crippen molar-refractivity contribution < 1.29 is 9.47 Å². The van der Waals surface area contributed by atoms with E-state index >= 15 is 0 Å². The van der Waals surface area contributed by atoms with E-state index in [9.17, 15) is 0 Å². The van der Waals surface area contributed by atoms with Gasteiger partial charge in [0, 0.05) is 18.6 Å². The summed E-state index contributed by atoms with van der Waals surface area (Å²) in [4.78, 5) is 0. The van der Waals surface area contributed by atoms with E-state index in [1.165, 1.54) is 0 Å². The van der Waals surface area contributed by atoms with Crippen molar-refractivity contribution in [3.05, 3.63) is 11.9 Å². The van der Waals surface area contributed by atoms with Crippen molar-refractivity contribution in [2.45, 2.75) is 39.3 Å². The summed E-state index contributed by atoms with van der Waals surface area (Å²) in [6.07, 6.45) is 2.90. The highest BCUT2D eigenvalue weighted by Crippen LogP contribution is 2.35. The van der Waals surface area contributed by atoms with Crippen LogP contribution in [0.3, 0.4) is 0 Å². The zero-order valence-corrected chi connectivity index (χ0v) is 12.3. The number of nitrogens with one attached hydrogen (secondary N) is 1. The van der Waals surface area contributed by atoms with Crippen LogP contribution in [-0.2, 0) is 4.74 Å². The zero-order chi connectivity index (χ0) is 13.8. The molecule has 2 heterocycles. The maximum absolute atomic E-state index is 5.55. The first-order valence-corrected chi connectivity index (χ1v) is 7.11. The van der Waals surface area contributed by atoms with Gasteiger partial charge in [-0.3, -0.25) is 4.68 Å². The van der Waals surface area contributed by atoms with E-state index in [1.807, 2.05) is 6.20 Å². The molecular formula is C14H25N3O2. The molecule has 1 aliphatic rings. The summed E-state index contributed by atoms with van der Waals surface area (Å²) < 4.78 is 13.1. The van der Waals surface area contributed by atoms with Crippen molar-refractivity contribution >= 4 is 0 Å². The SMILES string of the molecule is CCNC(c1c(OC)cnn1C(C)C)C1CCOC1. The number of nitrogens with zero attached hydrogens (tertiary/aromatic N) is 2. The van der Waals surface area contributed by atoms with Crippen molar-refractivity contribution in [1.82, 2.24) is 15.1 Å². The van der Waals surface area contributed by atoms with E-state index in [0.717, 1.165) is 37.6 Å². The molecule has 108 valence electrons. The van der Waals surface area contributed by atoms with Gasteiger partial charge in [0.15, 0.2) is 5.75 Å². The predicted octanol–water partition coefficient (Wildman–Crippen LogP) is 2.16. The summed E-state index contributed by atoms with van der Waals surface area (Å²) in [5, 5.41) is 8.05. The van der Waals surface area contributed by atoms with Crippen LogP contribution in [0.25, 0.3) is 0 Å². The molecule has 2 rings (SSSR count). The highest BCUT2D eigenvalue weighted by atomic mass is 16.5. The number of hydrogen-bond donors (Lipinski definition) is 1. The minimum absolute atomic E-state index is 0.243. The van der Waals surface area contributed by atoms with E-state index in [1.54, 1.807) is 7.11 Å². The largest absolute Gasteiger partial charge is 0.493 e. The molecule has 0 bridgehead atoms. The Bertz CT molecular complexity index is 397. The van der Waals surface area contributed by atoms with Crippen molar-refractivity contribution in [2.75, 3.05) is 26.9 Å². The molecule has 0 aliphatic carbocycles. The molecule has 0 radical (unpaired) electrons. The molecule has 1 N–H and O–H groups in total. The highest BCUT2D eigenvalue weighted by Gasteiger charge is 2.32. The number of ether oxygens (including phenoxy) is 2. The molecule has 5 heteroatoms. The van der Waals surface area contributed by atoms with Gasteiger partial charge in [0.1, 0.15) is 0 Å². The standard InChI is InChI=1S/C14H25N3O2/c1-5-15-13(11-6-7-19-9-11)14-12(18-4)8-16-17(14)10(2)3/h8,10-11,13,15H,5-7,9H2,1-4H3. The Hall–Kier alpha value is -1.07. The highest BCUT2D eigenvalue weighted by molar-refractivity contribution is 5.29. The average molecular weight is 267 g/mol. The van der Waals surface area contributed by atoms with Crippen LogP contribution in [0.5, 0.6) is 5.75 Å². The van der Waals surface area contributed by atoms with Gasteiger partial charge in [-0.2, -0.15) is 5.10 Å². The number of rotatable bonds is 6. The molecule has 0 aromatic carbocycles. The lowest BCUT2D eigenvalue weighted by Gasteiger charge is -2.26. The van der Waals surface area contributed by atoms with Gasteiger partial charge >= 0.3 is 0 Å². The maximum atomic E-state index is 5.55. The van der Waals surface area contributed by atoms with E-state index in [4.69, 9.17) is 9.47 Å². The van der Waals surface area contributed by atoms with Crippen LogP contribution in [0.15, 0.2) is 6.20 Å². The van der Waals surface area contributed by atoms with Crippen LogP contribution in [0, 0.1) is 5.92 Å². The molecule has 1 aliphatic heterocycles. The van der Waals surface area contributed by atoms with Gasteiger partial charge in [-0.15, -0.1) is 0 Å². The van der Waals surface area contributed by atoms with Crippen molar-refractivity contribution in [3.63, 3.8) is 0 Å². The summed E-state index contributed by atoms with van der Waals surface area (Å²) in [5.74, 6) is 1.36. The molecular weight excluding hydrogens is 242 g/mol. The Morgan fingerprint density at radius 2 is 2.37 bits per heavy atom. The third kappa shape index (κ3) is 2.92. The summed E-state index contributed by atoms with van der Waals surface area (Å²) >= 11 is 0. The molecule has 1 saturated heterocycles. The summed E-state index contributed by atoms with van der Waals surface area (Å²) in [7, 11) is 1.71. The number of hydrogen-bond acceptors (Lipinski definition) is 4. The molecule has 1 aromatic heterocycles. The molecule has 0 amide bonds. The molecule has 0 spiro atoms. The van der Waals surface area contributed by atoms with Gasteiger partial charge in [-0.1, -0.05) is 6.92 Å². The van der Waals surface area contributed by atoms with Gasteiger partial charge in [0.25, 0.3) is 0 Å². The van der Waals surface area contributed by atoms with Gasteiger partial charge in [0.2, 0.25) is 0 Å². The first-order valence-electron chi connectivity index (χ1n) is 7.11.